The summed E-state index contributed by atoms with van der Waals surface area (Å²) in [5, 5.41) is 22.0. The molecule has 3 fully saturated rings. The molecule has 0 aromatic heterocycles. The summed E-state index contributed by atoms with van der Waals surface area (Å²) in [6.07, 6.45) is 8.38. The van der Waals surface area contributed by atoms with Crippen molar-refractivity contribution in [2.24, 2.45) is 16.5 Å². The zero-order chi connectivity index (χ0) is 22.5. The number of aliphatic imine (C=N–C) groups is 1. The normalized spacial score (nSPS) is 25.6. The van der Waals surface area contributed by atoms with Crippen LogP contribution >= 0.6 is 0 Å². The van der Waals surface area contributed by atoms with Crippen LogP contribution in [0.25, 0.3) is 0 Å². The minimum absolute atomic E-state index is 0.0366. The van der Waals surface area contributed by atoms with Crippen LogP contribution in [0.1, 0.15) is 73.7 Å². The molecule has 170 valence electrons. The summed E-state index contributed by atoms with van der Waals surface area (Å²) < 4.78 is 5.79. The number of nitrogens with zero attached hydrogens (tertiary/aromatic N) is 1. The van der Waals surface area contributed by atoms with Crippen LogP contribution in [0.3, 0.4) is 0 Å². The highest BCUT2D eigenvalue weighted by molar-refractivity contribution is 6.43. The Labute approximate surface area is 184 Å². The lowest BCUT2D eigenvalue weighted by Crippen LogP contribution is -2.49. The minimum atomic E-state index is -1.63. The Bertz CT molecular complexity index is 756. The Hall–Kier alpha value is -2.10. The minimum Gasteiger partial charge on any atom is -0.426 e. The van der Waals surface area contributed by atoms with Crippen LogP contribution in [0.5, 0.6) is 0 Å². The molecule has 4 rings (SSSR count). The third-order valence-electron chi connectivity index (χ3n) is 7.26. The van der Waals surface area contributed by atoms with Crippen molar-refractivity contribution in [2.75, 3.05) is 13.7 Å². The van der Waals surface area contributed by atoms with E-state index in [2.05, 4.69) is 22.4 Å². The van der Waals surface area contributed by atoms with Crippen LogP contribution in [0.15, 0.2) is 29.3 Å². The lowest BCUT2D eigenvalue weighted by atomic mass is 9.56. The monoisotopic (exact) mass is 430 g/mol. The molecule has 3 aliphatic carbocycles. The summed E-state index contributed by atoms with van der Waals surface area (Å²) >= 11 is 0. The maximum atomic E-state index is 12.7. The maximum Gasteiger partial charge on any atom is 0.475 e. The van der Waals surface area contributed by atoms with Crippen LogP contribution in [0, 0.1) is 0 Å². The van der Waals surface area contributed by atoms with Crippen molar-refractivity contribution < 1.29 is 19.6 Å². The van der Waals surface area contributed by atoms with Gasteiger partial charge >= 0.3 is 7.12 Å². The van der Waals surface area contributed by atoms with Gasteiger partial charge in [0.05, 0.1) is 11.5 Å². The van der Waals surface area contributed by atoms with E-state index in [4.69, 9.17) is 16.2 Å². The number of nitrogens with one attached hydrogen (secondary N) is 1. The molecule has 1 aromatic rings. The largest absolute Gasteiger partial charge is 0.475 e. The number of benzene rings is 1. The number of ether oxygens (including phenoxy) is 1. The molecule has 1 aromatic carbocycles. The number of unbranched alkanes of at least 4 members (excludes halogenated alkanes) is 1. The highest BCUT2D eigenvalue weighted by atomic mass is 16.5. The van der Waals surface area contributed by atoms with E-state index in [1.54, 1.807) is 0 Å². The predicted octanol–water partition coefficient (Wildman–Crippen LogP) is 1.23. The van der Waals surface area contributed by atoms with Crippen molar-refractivity contribution in [2.45, 2.75) is 74.7 Å². The quantitative estimate of drug-likeness (QED) is 0.164. The van der Waals surface area contributed by atoms with Crippen LogP contribution in [-0.2, 0) is 10.2 Å². The van der Waals surface area contributed by atoms with E-state index in [0.29, 0.717) is 31.4 Å². The second kappa shape index (κ2) is 10.0. The van der Waals surface area contributed by atoms with E-state index < -0.39 is 13.1 Å². The first kappa shape index (κ1) is 23.6. The molecule has 7 N–H and O–H groups in total. The molecule has 1 atom stereocenters. The molecular formula is C22H35BN4O4. The van der Waals surface area contributed by atoms with Crippen molar-refractivity contribution in [3.05, 3.63) is 35.4 Å². The lowest BCUT2D eigenvalue weighted by molar-refractivity contribution is -0.0955. The summed E-state index contributed by atoms with van der Waals surface area (Å²) in [6.45, 7) is 0.471. The number of amides is 1. The number of carbonyl (C=O) groups is 1. The molecule has 2 bridgehead atoms. The third-order valence-corrected chi connectivity index (χ3v) is 7.26. The average Bonchev–Trinajstić information content (AvgIpc) is 2.79. The fourth-order valence-corrected chi connectivity index (χ4v) is 5.10. The molecule has 0 aliphatic heterocycles. The second-order valence-corrected chi connectivity index (χ2v) is 9.04. The second-order valence-electron chi connectivity index (χ2n) is 9.04. The van der Waals surface area contributed by atoms with E-state index >= 15 is 0 Å². The molecule has 0 spiro atoms. The van der Waals surface area contributed by atoms with Crippen LogP contribution in [0.2, 0.25) is 0 Å². The zero-order valence-corrected chi connectivity index (χ0v) is 18.3. The number of hydrogen-bond acceptors (Lipinski definition) is 5. The molecule has 1 amide bonds. The van der Waals surface area contributed by atoms with Crippen molar-refractivity contribution in [1.82, 2.24) is 5.32 Å². The van der Waals surface area contributed by atoms with Gasteiger partial charge in [-0.05, 0) is 74.5 Å². The topological polar surface area (TPSA) is 143 Å². The zero-order valence-electron chi connectivity index (χ0n) is 18.3. The van der Waals surface area contributed by atoms with Gasteiger partial charge in [-0.2, -0.15) is 0 Å². The van der Waals surface area contributed by atoms with Gasteiger partial charge in [-0.1, -0.05) is 18.6 Å². The number of nitrogens with two attached hydrogens (primary N) is 2. The Kier molecular flexibility index (Phi) is 7.62. The molecule has 0 saturated heterocycles. The van der Waals surface area contributed by atoms with Crippen LogP contribution in [-0.4, -0.2) is 54.2 Å². The number of hydrogen-bond donors (Lipinski definition) is 5. The predicted molar refractivity (Wildman–Crippen MR) is 122 cm³/mol. The number of guanidine groups is 1. The van der Waals surface area contributed by atoms with Crippen molar-refractivity contribution in [1.29, 1.82) is 0 Å². The van der Waals surface area contributed by atoms with Crippen molar-refractivity contribution in [3.63, 3.8) is 0 Å². The first-order valence-electron chi connectivity index (χ1n) is 11.2. The highest BCUT2D eigenvalue weighted by Gasteiger charge is 2.49. The number of methoxy groups -OCH3 is 1. The smallest absolute Gasteiger partial charge is 0.426 e. The Morgan fingerprint density at radius 1 is 1.13 bits per heavy atom. The van der Waals surface area contributed by atoms with Crippen molar-refractivity contribution in [3.8, 4) is 0 Å². The lowest BCUT2D eigenvalue weighted by Gasteiger charge is -2.53. The summed E-state index contributed by atoms with van der Waals surface area (Å²) in [5.74, 6) is -1.02. The summed E-state index contributed by atoms with van der Waals surface area (Å²) in [4.78, 5) is 16.6. The fourth-order valence-electron chi connectivity index (χ4n) is 5.10. The van der Waals surface area contributed by atoms with Gasteiger partial charge in [0.2, 0.25) is 0 Å². The van der Waals surface area contributed by atoms with Crippen LogP contribution < -0.4 is 16.8 Å². The Balaban J connectivity index is 1.56. The summed E-state index contributed by atoms with van der Waals surface area (Å²) in [5.41, 5.74) is 12.6. The molecule has 3 saturated carbocycles. The van der Waals surface area contributed by atoms with Gasteiger partial charge in [0.25, 0.3) is 5.91 Å². The average molecular weight is 430 g/mol. The third kappa shape index (κ3) is 5.58. The highest BCUT2D eigenvalue weighted by Crippen LogP contribution is 2.54. The van der Waals surface area contributed by atoms with E-state index in [-0.39, 0.29) is 22.9 Å². The van der Waals surface area contributed by atoms with E-state index in [0.717, 1.165) is 38.5 Å². The first-order chi connectivity index (χ1) is 14.8. The Morgan fingerprint density at radius 2 is 1.74 bits per heavy atom. The maximum absolute atomic E-state index is 12.7. The van der Waals surface area contributed by atoms with Gasteiger partial charge in [0.15, 0.2) is 5.96 Å². The molecular weight excluding hydrogens is 395 g/mol. The molecule has 0 radical (unpaired) electrons. The van der Waals surface area contributed by atoms with Crippen LogP contribution in [0.4, 0.5) is 0 Å². The number of rotatable bonds is 10. The molecule has 8 nitrogen and oxygen atoms in total. The standard InChI is InChI=1S/C22H35BN4O4/c1-31-22-12-9-21(10-13-22,11-14-22)17-7-5-16(6-8-17)19(28)27-18(23(29)30)4-2-3-15-26-20(24)25/h5-8,18,29-30H,2-4,9-15H2,1H3,(H,27,28)(H4,24,25,26)/t18-,21?,22?/m0/s1. The number of fused-ring (bicyclic) bond motifs is 3. The van der Waals surface area contributed by atoms with Crippen molar-refractivity contribution >= 4 is 19.0 Å². The van der Waals surface area contributed by atoms with Gasteiger partial charge in [0, 0.05) is 19.2 Å². The SMILES string of the molecule is COC12CCC(c3ccc(C(=O)N[C@@H](CCCCN=C(N)N)B(O)O)cc3)(CC1)CC2. The van der Waals surface area contributed by atoms with Gasteiger partial charge in [-0.15, -0.1) is 0 Å². The fraction of sp³-hybridized carbons (Fsp3) is 0.636. The van der Waals surface area contributed by atoms with Gasteiger partial charge < -0.3 is 31.6 Å². The molecule has 9 heteroatoms. The molecule has 0 unspecified atom stereocenters. The van der Waals surface area contributed by atoms with Gasteiger partial charge in [-0.25, -0.2) is 0 Å². The summed E-state index contributed by atoms with van der Waals surface area (Å²) in [7, 11) is 0.197. The van der Waals surface area contributed by atoms with E-state index in [1.165, 1.54) is 5.56 Å². The first-order valence-corrected chi connectivity index (χ1v) is 11.2. The number of carbonyl (C=O) groups excluding carboxylic acids is 1. The van der Waals surface area contributed by atoms with Gasteiger partial charge in [-0.3, -0.25) is 9.79 Å². The van der Waals surface area contributed by atoms with Gasteiger partial charge in [0.1, 0.15) is 0 Å². The van der Waals surface area contributed by atoms with E-state index in [1.807, 2.05) is 19.2 Å². The molecule has 31 heavy (non-hydrogen) atoms. The molecule has 3 aliphatic rings. The Morgan fingerprint density at radius 3 is 2.26 bits per heavy atom. The summed E-state index contributed by atoms with van der Waals surface area (Å²) in [6, 6.07) is 7.79. The molecule has 0 heterocycles. The van der Waals surface area contributed by atoms with E-state index in [9.17, 15) is 14.8 Å².